The van der Waals surface area contributed by atoms with Crippen molar-refractivity contribution >= 4 is 13.7 Å². The standard InChI is InChI=1S/C20H39N2O5P/c1-2-3-4-5-6-7-8-12-21-20(23)27-19(17-28(24,25)26)16-22-13-9-18(10-14-22)11-15-22/h18-19H,2-17H2,1H3,(H2-,21,23,24,25,26)/p+1. The lowest BCUT2D eigenvalue weighted by atomic mass is 9.85. The van der Waals surface area contributed by atoms with Gasteiger partial charge in [0.15, 0.2) is 6.10 Å². The second kappa shape index (κ2) is 11.5. The van der Waals surface area contributed by atoms with Crippen molar-refractivity contribution in [3.8, 4) is 0 Å². The number of quaternary nitrogens is 1. The number of hydrogen-bond donors (Lipinski definition) is 3. The average molecular weight is 420 g/mol. The summed E-state index contributed by atoms with van der Waals surface area (Å²) in [6, 6.07) is 0. The van der Waals surface area contributed by atoms with Gasteiger partial charge in [0.2, 0.25) is 0 Å². The topological polar surface area (TPSA) is 95.9 Å². The van der Waals surface area contributed by atoms with Crippen LogP contribution >= 0.6 is 7.60 Å². The molecule has 3 N–H and O–H groups in total. The van der Waals surface area contributed by atoms with Crippen LogP contribution in [0.3, 0.4) is 0 Å². The molecule has 3 saturated heterocycles. The van der Waals surface area contributed by atoms with Crippen LogP contribution < -0.4 is 5.32 Å². The summed E-state index contributed by atoms with van der Waals surface area (Å²) in [5.74, 6) is 0.812. The monoisotopic (exact) mass is 419 g/mol. The molecule has 3 aliphatic rings. The second-order valence-corrected chi connectivity index (χ2v) is 10.5. The highest BCUT2D eigenvalue weighted by atomic mass is 31.2. The first-order valence-electron chi connectivity index (χ1n) is 11.2. The quantitative estimate of drug-likeness (QED) is 0.241. The highest BCUT2D eigenvalue weighted by Crippen LogP contribution is 2.38. The maximum atomic E-state index is 12.2. The third-order valence-corrected chi connectivity index (χ3v) is 7.27. The van der Waals surface area contributed by atoms with Gasteiger partial charge in [0, 0.05) is 6.54 Å². The summed E-state index contributed by atoms with van der Waals surface area (Å²) in [5.41, 5.74) is 0. The third-order valence-electron chi connectivity index (χ3n) is 6.39. The van der Waals surface area contributed by atoms with Gasteiger partial charge in [0.25, 0.3) is 0 Å². The molecule has 0 aromatic carbocycles. The number of ether oxygens (including phenoxy) is 1. The smallest absolute Gasteiger partial charge is 0.407 e. The summed E-state index contributed by atoms with van der Waals surface area (Å²) in [6.07, 6.45) is 10.1. The predicted molar refractivity (Wildman–Crippen MR) is 110 cm³/mol. The zero-order chi connectivity index (χ0) is 20.5. The molecule has 2 bridgehead atoms. The molecule has 1 amide bonds. The van der Waals surface area contributed by atoms with Crippen molar-refractivity contribution < 1.29 is 28.4 Å². The molecule has 1 atom stereocenters. The fraction of sp³-hybridized carbons (Fsp3) is 0.950. The first-order chi connectivity index (χ1) is 13.3. The summed E-state index contributed by atoms with van der Waals surface area (Å²) in [7, 11) is -4.24. The zero-order valence-electron chi connectivity index (χ0n) is 17.5. The fourth-order valence-electron chi connectivity index (χ4n) is 4.71. The van der Waals surface area contributed by atoms with Crippen molar-refractivity contribution in [2.75, 3.05) is 38.9 Å². The summed E-state index contributed by atoms with van der Waals surface area (Å²) in [5, 5.41) is 2.76. The minimum atomic E-state index is -4.24. The van der Waals surface area contributed by atoms with Gasteiger partial charge in [-0.25, -0.2) is 4.79 Å². The Hall–Kier alpha value is -0.620. The minimum Gasteiger partial charge on any atom is -0.440 e. The molecule has 3 fully saturated rings. The molecular formula is C20H40N2O5P+. The van der Waals surface area contributed by atoms with Crippen molar-refractivity contribution in [1.29, 1.82) is 0 Å². The van der Waals surface area contributed by atoms with Crippen LogP contribution in [0.5, 0.6) is 0 Å². The van der Waals surface area contributed by atoms with Gasteiger partial charge in [-0.05, 0) is 31.6 Å². The predicted octanol–water partition coefficient (Wildman–Crippen LogP) is 3.64. The molecule has 3 heterocycles. The first kappa shape index (κ1) is 23.7. The van der Waals surface area contributed by atoms with Crippen LogP contribution in [0.25, 0.3) is 0 Å². The van der Waals surface area contributed by atoms with E-state index in [2.05, 4.69) is 12.2 Å². The number of hydrogen-bond acceptors (Lipinski definition) is 3. The molecule has 8 heteroatoms. The number of piperidine rings is 3. The number of rotatable bonds is 13. The molecule has 3 aliphatic heterocycles. The van der Waals surface area contributed by atoms with Crippen LogP contribution in [0.4, 0.5) is 4.79 Å². The van der Waals surface area contributed by atoms with E-state index in [9.17, 15) is 19.1 Å². The number of fused-ring (bicyclic) bond motifs is 3. The third kappa shape index (κ3) is 8.81. The van der Waals surface area contributed by atoms with E-state index in [0.717, 1.165) is 42.9 Å². The highest BCUT2D eigenvalue weighted by molar-refractivity contribution is 7.51. The van der Waals surface area contributed by atoms with Gasteiger partial charge in [-0.15, -0.1) is 0 Å². The Balaban J connectivity index is 1.72. The number of alkyl carbamates (subject to hydrolysis) is 1. The Morgan fingerprint density at radius 2 is 1.64 bits per heavy atom. The maximum Gasteiger partial charge on any atom is 0.407 e. The SMILES string of the molecule is CCCCCCCCCNC(=O)OC(C[N+]12CCC(CC1)CC2)CP(=O)(O)O. The van der Waals surface area contributed by atoms with E-state index in [-0.39, 0.29) is 6.16 Å². The van der Waals surface area contributed by atoms with Gasteiger partial charge in [-0.2, -0.15) is 0 Å². The van der Waals surface area contributed by atoms with Gasteiger partial charge in [-0.3, -0.25) is 4.57 Å². The van der Waals surface area contributed by atoms with Crippen molar-refractivity contribution in [2.45, 2.75) is 77.2 Å². The van der Waals surface area contributed by atoms with E-state index < -0.39 is 19.8 Å². The molecule has 7 nitrogen and oxygen atoms in total. The average Bonchev–Trinajstić information content (AvgIpc) is 2.63. The van der Waals surface area contributed by atoms with Gasteiger partial charge < -0.3 is 24.3 Å². The van der Waals surface area contributed by atoms with E-state index in [1.54, 1.807) is 0 Å². The molecule has 0 spiro atoms. The number of carbonyl (C=O) groups excluding carboxylic acids is 1. The van der Waals surface area contributed by atoms with E-state index in [4.69, 9.17) is 4.74 Å². The first-order valence-corrected chi connectivity index (χ1v) is 13.0. The van der Waals surface area contributed by atoms with E-state index in [1.807, 2.05) is 0 Å². The number of carbonyl (C=O) groups is 1. The Kier molecular flexibility index (Phi) is 9.75. The van der Waals surface area contributed by atoms with Crippen LogP contribution in [0.15, 0.2) is 0 Å². The van der Waals surface area contributed by atoms with E-state index >= 15 is 0 Å². The number of unbranched alkanes of at least 4 members (excludes halogenated alkanes) is 6. The number of amides is 1. The lowest BCUT2D eigenvalue weighted by Gasteiger charge is -2.50. The molecule has 0 aliphatic carbocycles. The Bertz CT molecular complexity index is 503. The lowest BCUT2D eigenvalue weighted by Crippen LogP contribution is -2.61. The molecule has 28 heavy (non-hydrogen) atoms. The Labute approximate surface area is 170 Å². The van der Waals surface area contributed by atoms with E-state index in [0.29, 0.717) is 13.1 Å². The molecule has 0 aromatic rings. The van der Waals surface area contributed by atoms with Crippen LogP contribution in [0, 0.1) is 5.92 Å². The minimum absolute atomic E-state index is 0.388. The van der Waals surface area contributed by atoms with Crippen molar-refractivity contribution in [1.82, 2.24) is 5.32 Å². The van der Waals surface area contributed by atoms with Gasteiger partial charge >= 0.3 is 13.7 Å². The molecule has 1 unspecified atom stereocenters. The maximum absolute atomic E-state index is 12.2. The molecular weight excluding hydrogens is 379 g/mol. The van der Waals surface area contributed by atoms with E-state index in [1.165, 1.54) is 51.4 Å². The Morgan fingerprint density at radius 1 is 1.07 bits per heavy atom. The Morgan fingerprint density at radius 3 is 2.21 bits per heavy atom. The summed E-state index contributed by atoms with van der Waals surface area (Å²) in [4.78, 5) is 31.0. The molecule has 3 rings (SSSR count). The largest absolute Gasteiger partial charge is 0.440 e. The van der Waals surface area contributed by atoms with Crippen LogP contribution in [-0.2, 0) is 9.30 Å². The lowest BCUT2D eigenvalue weighted by molar-refractivity contribution is -0.944. The van der Waals surface area contributed by atoms with Crippen LogP contribution in [0.2, 0.25) is 0 Å². The van der Waals surface area contributed by atoms with Gasteiger partial charge in [-0.1, -0.05) is 45.4 Å². The van der Waals surface area contributed by atoms with Crippen molar-refractivity contribution in [3.63, 3.8) is 0 Å². The molecule has 164 valence electrons. The summed E-state index contributed by atoms with van der Waals surface area (Å²) >= 11 is 0. The molecule has 0 radical (unpaired) electrons. The molecule has 0 aromatic heterocycles. The van der Waals surface area contributed by atoms with Crippen LogP contribution in [0.1, 0.15) is 71.1 Å². The number of nitrogens with zero attached hydrogens (tertiary/aromatic N) is 1. The summed E-state index contributed by atoms with van der Waals surface area (Å²) in [6.45, 7) is 6.37. The van der Waals surface area contributed by atoms with Crippen molar-refractivity contribution in [2.24, 2.45) is 5.92 Å². The fourth-order valence-corrected chi connectivity index (χ4v) is 5.43. The van der Waals surface area contributed by atoms with Crippen molar-refractivity contribution in [3.05, 3.63) is 0 Å². The van der Waals surface area contributed by atoms with Gasteiger partial charge in [0.05, 0.1) is 25.8 Å². The number of nitrogens with one attached hydrogen (secondary N) is 1. The molecule has 0 saturated carbocycles. The van der Waals surface area contributed by atoms with Gasteiger partial charge in [0.1, 0.15) is 6.54 Å². The second-order valence-electron chi connectivity index (χ2n) is 8.85. The highest BCUT2D eigenvalue weighted by Gasteiger charge is 2.43. The van der Waals surface area contributed by atoms with Crippen LogP contribution in [-0.4, -0.2) is 65.4 Å². The summed E-state index contributed by atoms with van der Waals surface area (Å²) < 4.78 is 17.9. The normalized spacial score (nSPS) is 25.5. The zero-order valence-corrected chi connectivity index (χ0v) is 18.4.